The first-order chi connectivity index (χ1) is 12.4. The van der Waals surface area contributed by atoms with Gasteiger partial charge in [0.2, 0.25) is 0 Å². The van der Waals surface area contributed by atoms with Crippen LogP contribution in [0.1, 0.15) is 0 Å². The minimum Gasteiger partial charge on any atom is -0.354 e. The SMILES string of the molecule is c1cc2ccc3ccc4c5c(cc(c1)c2c35)-c1c-4[nH]c2ccccc12. The second-order valence-electron chi connectivity index (χ2n) is 7.08. The summed E-state index contributed by atoms with van der Waals surface area (Å²) in [7, 11) is 0. The molecule has 1 nitrogen and oxygen atoms in total. The fraction of sp³-hybridized carbons (Fsp3) is 0. The molecule has 1 aliphatic rings. The Morgan fingerprint density at radius 2 is 1.36 bits per heavy atom. The molecule has 1 heteroatoms. The maximum absolute atomic E-state index is 3.67. The lowest BCUT2D eigenvalue weighted by Crippen LogP contribution is -1.86. The van der Waals surface area contributed by atoms with E-state index < -0.39 is 0 Å². The van der Waals surface area contributed by atoms with Crippen molar-refractivity contribution in [3.63, 3.8) is 0 Å². The van der Waals surface area contributed by atoms with Gasteiger partial charge in [0, 0.05) is 27.4 Å². The molecule has 7 rings (SSSR count). The molecule has 0 fully saturated rings. The molecule has 0 atom stereocenters. The van der Waals surface area contributed by atoms with Crippen LogP contribution in [0.2, 0.25) is 0 Å². The van der Waals surface area contributed by atoms with Crippen molar-refractivity contribution >= 4 is 43.2 Å². The molecule has 0 unspecified atom stereocenters. The summed E-state index contributed by atoms with van der Waals surface area (Å²) in [4.78, 5) is 3.67. The van der Waals surface area contributed by atoms with Gasteiger partial charge in [-0.1, -0.05) is 60.7 Å². The molecule has 0 saturated heterocycles. The molecule has 6 aromatic rings. The number of fused-ring (bicyclic) bond motifs is 5. The molecule has 25 heavy (non-hydrogen) atoms. The third kappa shape index (κ3) is 1.26. The van der Waals surface area contributed by atoms with Crippen LogP contribution in [0.5, 0.6) is 0 Å². The third-order valence-corrected chi connectivity index (χ3v) is 5.87. The average Bonchev–Trinajstić information content (AvgIpc) is 3.18. The van der Waals surface area contributed by atoms with Crippen molar-refractivity contribution < 1.29 is 0 Å². The lowest BCUT2D eigenvalue weighted by molar-refractivity contribution is 1.48. The Balaban J connectivity index is 1.83. The van der Waals surface area contributed by atoms with E-state index in [4.69, 9.17) is 0 Å². The summed E-state index contributed by atoms with van der Waals surface area (Å²) < 4.78 is 0. The minimum atomic E-state index is 1.22. The molecule has 0 amide bonds. The van der Waals surface area contributed by atoms with Gasteiger partial charge in [-0.15, -0.1) is 0 Å². The van der Waals surface area contributed by atoms with Crippen molar-refractivity contribution in [2.24, 2.45) is 0 Å². The van der Waals surface area contributed by atoms with Crippen LogP contribution in [0, 0.1) is 0 Å². The summed E-state index contributed by atoms with van der Waals surface area (Å²) in [6, 6.07) is 26.7. The first kappa shape index (κ1) is 12.1. The molecule has 0 spiro atoms. The first-order valence-corrected chi connectivity index (χ1v) is 8.72. The Bertz CT molecular complexity index is 1480. The standard InChI is InChI=1S/C24H13N/c1-2-7-19-16(6-1)23-18-12-15-5-3-4-13-8-9-14-10-11-17(24(23)25-19)22(18)21(14)20(13)15/h1-12,25H. The van der Waals surface area contributed by atoms with Crippen molar-refractivity contribution in [1.82, 2.24) is 4.98 Å². The number of para-hydroxylation sites is 1. The molecule has 114 valence electrons. The van der Waals surface area contributed by atoms with E-state index in [1.807, 2.05) is 0 Å². The Kier molecular flexibility index (Phi) is 1.86. The van der Waals surface area contributed by atoms with Gasteiger partial charge < -0.3 is 4.98 Å². The van der Waals surface area contributed by atoms with E-state index in [2.05, 4.69) is 77.8 Å². The first-order valence-electron chi connectivity index (χ1n) is 8.72. The van der Waals surface area contributed by atoms with Crippen LogP contribution in [-0.2, 0) is 0 Å². The van der Waals surface area contributed by atoms with Crippen LogP contribution in [0.3, 0.4) is 0 Å². The van der Waals surface area contributed by atoms with E-state index in [9.17, 15) is 0 Å². The van der Waals surface area contributed by atoms with Gasteiger partial charge in [-0.2, -0.15) is 0 Å². The molecule has 1 aromatic heterocycles. The largest absolute Gasteiger partial charge is 0.354 e. The number of aromatic amines is 1. The monoisotopic (exact) mass is 315 g/mol. The summed E-state index contributed by atoms with van der Waals surface area (Å²) >= 11 is 0. The van der Waals surface area contributed by atoms with E-state index >= 15 is 0 Å². The van der Waals surface area contributed by atoms with Gasteiger partial charge in [-0.25, -0.2) is 0 Å². The van der Waals surface area contributed by atoms with Gasteiger partial charge in [-0.05, 0) is 44.6 Å². The second-order valence-corrected chi connectivity index (χ2v) is 7.08. The van der Waals surface area contributed by atoms with Crippen molar-refractivity contribution in [3.05, 3.63) is 72.8 Å². The Morgan fingerprint density at radius 1 is 0.560 bits per heavy atom. The van der Waals surface area contributed by atoms with E-state index in [0.717, 1.165) is 0 Å². The van der Waals surface area contributed by atoms with Gasteiger partial charge in [0.05, 0.1) is 5.69 Å². The molecule has 1 heterocycles. The van der Waals surface area contributed by atoms with Crippen molar-refractivity contribution in [2.75, 3.05) is 0 Å². The van der Waals surface area contributed by atoms with Crippen LogP contribution in [0.4, 0.5) is 0 Å². The summed E-state index contributed by atoms with van der Waals surface area (Å²) in [5.74, 6) is 0. The average molecular weight is 315 g/mol. The zero-order chi connectivity index (χ0) is 16.1. The van der Waals surface area contributed by atoms with Crippen LogP contribution >= 0.6 is 0 Å². The van der Waals surface area contributed by atoms with Crippen molar-refractivity contribution in [1.29, 1.82) is 0 Å². The van der Waals surface area contributed by atoms with Crippen LogP contribution in [-0.4, -0.2) is 4.98 Å². The number of rotatable bonds is 0. The molecule has 0 saturated carbocycles. The molecular weight excluding hydrogens is 302 g/mol. The highest BCUT2D eigenvalue weighted by Gasteiger charge is 2.27. The zero-order valence-corrected chi connectivity index (χ0v) is 13.4. The normalized spacial score (nSPS) is 12.8. The number of hydrogen-bond donors (Lipinski definition) is 1. The highest BCUT2D eigenvalue weighted by atomic mass is 14.7. The van der Waals surface area contributed by atoms with E-state index in [1.54, 1.807) is 0 Å². The smallest absolute Gasteiger partial charge is 0.0551 e. The summed E-state index contributed by atoms with van der Waals surface area (Å²) in [5, 5.41) is 9.54. The predicted molar refractivity (Wildman–Crippen MR) is 106 cm³/mol. The quantitative estimate of drug-likeness (QED) is 0.299. The molecule has 1 aliphatic carbocycles. The zero-order valence-electron chi connectivity index (χ0n) is 13.4. The number of hydrogen-bond acceptors (Lipinski definition) is 0. The number of nitrogens with one attached hydrogen (secondary N) is 1. The van der Waals surface area contributed by atoms with Crippen LogP contribution < -0.4 is 0 Å². The Labute approximate surface area is 143 Å². The number of aromatic nitrogens is 1. The highest BCUT2D eigenvalue weighted by molar-refractivity contribution is 6.33. The maximum atomic E-state index is 3.67. The Hall–Kier alpha value is -3.32. The Morgan fingerprint density at radius 3 is 2.32 bits per heavy atom. The van der Waals surface area contributed by atoms with Gasteiger partial charge in [0.15, 0.2) is 0 Å². The van der Waals surface area contributed by atoms with Gasteiger partial charge in [-0.3, -0.25) is 0 Å². The molecular formula is C24H13N. The summed E-state index contributed by atoms with van der Waals surface area (Å²) in [6.45, 7) is 0. The third-order valence-electron chi connectivity index (χ3n) is 5.87. The molecule has 5 aromatic carbocycles. The van der Waals surface area contributed by atoms with E-state index in [1.165, 1.54) is 65.6 Å². The lowest BCUT2D eigenvalue weighted by atomic mass is 9.90. The van der Waals surface area contributed by atoms with Gasteiger partial charge in [0.25, 0.3) is 0 Å². The summed E-state index contributed by atoms with van der Waals surface area (Å²) in [5.41, 5.74) is 6.57. The lowest BCUT2D eigenvalue weighted by Gasteiger charge is -2.13. The fourth-order valence-corrected chi connectivity index (χ4v) is 4.88. The van der Waals surface area contributed by atoms with Crippen molar-refractivity contribution in [3.8, 4) is 22.4 Å². The fourth-order valence-electron chi connectivity index (χ4n) is 4.88. The topological polar surface area (TPSA) is 15.8 Å². The minimum absolute atomic E-state index is 1.22. The van der Waals surface area contributed by atoms with Crippen molar-refractivity contribution in [2.45, 2.75) is 0 Å². The predicted octanol–water partition coefficient (Wildman–Crippen LogP) is 6.71. The van der Waals surface area contributed by atoms with Crippen LogP contribution in [0.15, 0.2) is 72.8 Å². The molecule has 0 aliphatic heterocycles. The number of H-pyrrole nitrogens is 1. The molecule has 0 bridgehead atoms. The second kappa shape index (κ2) is 3.84. The van der Waals surface area contributed by atoms with E-state index in [0.29, 0.717) is 0 Å². The van der Waals surface area contributed by atoms with Gasteiger partial charge >= 0.3 is 0 Å². The maximum Gasteiger partial charge on any atom is 0.0551 e. The summed E-state index contributed by atoms with van der Waals surface area (Å²) in [6.07, 6.45) is 0. The molecule has 1 N–H and O–H groups in total. The van der Waals surface area contributed by atoms with Gasteiger partial charge in [0.1, 0.15) is 0 Å². The number of benzene rings is 5. The van der Waals surface area contributed by atoms with E-state index in [-0.39, 0.29) is 0 Å². The molecule has 0 radical (unpaired) electrons. The van der Waals surface area contributed by atoms with Crippen LogP contribution in [0.25, 0.3) is 65.6 Å². The highest BCUT2D eigenvalue weighted by Crippen LogP contribution is 2.53.